The average Bonchev–Trinajstić information content (AvgIpc) is 3.20. The van der Waals surface area contributed by atoms with Crippen LogP contribution in [0.5, 0.6) is 0 Å². The molecule has 0 aliphatic heterocycles. The summed E-state index contributed by atoms with van der Waals surface area (Å²) in [6.45, 7) is 1.84. The number of furan rings is 1. The molecule has 0 unspecified atom stereocenters. The Labute approximate surface area is 202 Å². The molecule has 2 amide bonds. The molecule has 34 heavy (non-hydrogen) atoms. The van der Waals surface area contributed by atoms with Gasteiger partial charge in [0.25, 0.3) is 0 Å². The number of hydrogen-bond donors (Lipinski definition) is 3. The quantitative estimate of drug-likeness (QED) is 0.262. The number of carbonyl (C=O) groups is 2. The van der Waals surface area contributed by atoms with Crippen LogP contribution in [0.15, 0.2) is 45.3 Å². The highest BCUT2D eigenvalue weighted by atomic mass is 79.9. The number of esters is 1. The minimum atomic E-state index is -0.923. The third-order valence-corrected chi connectivity index (χ3v) is 5.19. The number of fused-ring (bicyclic) bond motifs is 1. The van der Waals surface area contributed by atoms with Gasteiger partial charge in [0, 0.05) is 43.0 Å². The van der Waals surface area contributed by atoms with Gasteiger partial charge >= 0.3 is 12.0 Å². The molecular formula is C23H21BrF2N4O4. The van der Waals surface area contributed by atoms with E-state index in [-0.39, 0.29) is 18.1 Å². The summed E-state index contributed by atoms with van der Waals surface area (Å²) in [6.07, 6.45) is 1.10. The van der Waals surface area contributed by atoms with E-state index >= 15 is 0 Å². The monoisotopic (exact) mass is 534 g/mol. The van der Waals surface area contributed by atoms with Crippen molar-refractivity contribution in [3.8, 4) is 0 Å². The summed E-state index contributed by atoms with van der Waals surface area (Å²) in [6, 6.07) is 6.64. The molecule has 1 aromatic heterocycles. The summed E-state index contributed by atoms with van der Waals surface area (Å²) in [5, 5.41) is 13.0. The number of carbonyl (C=O) groups excluding carboxylic acids is 2. The van der Waals surface area contributed by atoms with E-state index in [0.29, 0.717) is 38.5 Å². The molecule has 0 saturated heterocycles. The number of anilines is 2. The Morgan fingerprint density at radius 3 is 2.53 bits per heavy atom. The second kappa shape index (κ2) is 10.5. The standard InChI is InChI=1S/C23H21BrF2N4O4/c1-4-33-22(31)19-8-12-7-14(28-23(32)29-18-6-5-13(25)9-17(18)26)10-15(21(12)34-19)20(30(2)3)16(24)11-27/h5-11,27H,4H2,1-3H3,(H2,28,29,32)/b20-16+,27-11?. The molecule has 0 aliphatic rings. The highest BCUT2D eigenvalue weighted by Crippen LogP contribution is 2.35. The minimum Gasteiger partial charge on any atom is -0.460 e. The zero-order valence-corrected chi connectivity index (χ0v) is 20.0. The third-order valence-electron chi connectivity index (χ3n) is 4.59. The predicted molar refractivity (Wildman–Crippen MR) is 129 cm³/mol. The Balaban J connectivity index is 2.07. The van der Waals surface area contributed by atoms with Gasteiger partial charge in [-0.05, 0) is 53.2 Å². The van der Waals surface area contributed by atoms with E-state index in [1.165, 1.54) is 6.07 Å². The van der Waals surface area contributed by atoms with Crippen molar-refractivity contribution in [1.29, 1.82) is 5.41 Å². The van der Waals surface area contributed by atoms with Crippen molar-refractivity contribution < 1.29 is 27.5 Å². The summed E-state index contributed by atoms with van der Waals surface area (Å²) in [7, 11) is 3.51. The maximum absolute atomic E-state index is 13.9. The lowest BCUT2D eigenvalue weighted by molar-refractivity contribution is 0.0492. The van der Waals surface area contributed by atoms with Gasteiger partial charge < -0.3 is 30.1 Å². The molecule has 8 nitrogen and oxygen atoms in total. The van der Waals surface area contributed by atoms with Crippen molar-refractivity contribution >= 4 is 62.2 Å². The highest BCUT2D eigenvalue weighted by molar-refractivity contribution is 9.12. The van der Waals surface area contributed by atoms with Crippen molar-refractivity contribution in [2.24, 2.45) is 0 Å². The molecule has 3 aromatic rings. The van der Waals surface area contributed by atoms with Crippen LogP contribution in [0.2, 0.25) is 0 Å². The van der Waals surface area contributed by atoms with Gasteiger partial charge in [0.2, 0.25) is 5.76 Å². The van der Waals surface area contributed by atoms with Crippen LogP contribution in [0, 0.1) is 17.0 Å². The number of rotatable bonds is 7. The van der Waals surface area contributed by atoms with Crippen molar-refractivity contribution in [1.82, 2.24) is 4.90 Å². The lowest BCUT2D eigenvalue weighted by Crippen LogP contribution is -2.20. The second-order valence-corrected chi connectivity index (χ2v) is 8.07. The molecule has 11 heteroatoms. The first-order valence-corrected chi connectivity index (χ1v) is 10.8. The van der Waals surface area contributed by atoms with E-state index in [1.54, 1.807) is 38.1 Å². The molecule has 0 atom stereocenters. The van der Waals surface area contributed by atoms with Crippen LogP contribution in [-0.4, -0.2) is 43.8 Å². The summed E-state index contributed by atoms with van der Waals surface area (Å²) in [5.74, 6) is -2.37. The van der Waals surface area contributed by atoms with Gasteiger partial charge in [0.1, 0.15) is 17.2 Å². The Morgan fingerprint density at radius 1 is 1.18 bits per heavy atom. The Bertz CT molecular complexity index is 1300. The Kier molecular flexibility index (Phi) is 7.67. The zero-order valence-electron chi connectivity index (χ0n) is 18.5. The normalized spacial score (nSPS) is 11.6. The number of allylic oxidation sites excluding steroid dienone is 1. The number of amides is 2. The van der Waals surface area contributed by atoms with E-state index in [9.17, 15) is 18.4 Å². The molecule has 0 radical (unpaired) electrons. The zero-order chi connectivity index (χ0) is 25.0. The molecule has 0 fully saturated rings. The topological polar surface area (TPSA) is 108 Å². The van der Waals surface area contributed by atoms with Crippen LogP contribution < -0.4 is 10.6 Å². The van der Waals surface area contributed by atoms with E-state index in [4.69, 9.17) is 14.6 Å². The van der Waals surface area contributed by atoms with E-state index in [0.717, 1.165) is 18.3 Å². The predicted octanol–water partition coefficient (Wildman–Crippen LogP) is 5.81. The average molecular weight is 535 g/mol. The number of nitrogens with zero attached hydrogens (tertiary/aromatic N) is 1. The van der Waals surface area contributed by atoms with Crippen LogP contribution in [0.25, 0.3) is 16.7 Å². The molecule has 3 N–H and O–H groups in total. The first-order valence-electron chi connectivity index (χ1n) is 10.00. The van der Waals surface area contributed by atoms with Gasteiger partial charge in [-0.3, -0.25) is 0 Å². The Hall–Kier alpha value is -3.73. The number of benzene rings is 2. The van der Waals surface area contributed by atoms with Crippen LogP contribution in [0.3, 0.4) is 0 Å². The van der Waals surface area contributed by atoms with Crippen LogP contribution >= 0.6 is 15.9 Å². The number of hydrogen-bond acceptors (Lipinski definition) is 6. The number of ether oxygens (including phenoxy) is 1. The van der Waals surface area contributed by atoms with Crippen molar-refractivity contribution in [2.45, 2.75) is 6.92 Å². The minimum absolute atomic E-state index is 0.0304. The van der Waals surface area contributed by atoms with Crippen LogP contribution in [0.4, 0.5) is 25.0 Å². The first-order chi connectivity index (χ1) is 16.1. The first kappa shape index (κ1) is 24.9. The smallest absolute Gasteiger partial charge is 0.374 e. The molecule has 1 heterocycles. The third kappa shape index (κ3) is 5.42. The summed E-state index contributed by atoms with van der Waals surface area (Å²) < 4.78 is 38.2. The van der Waals surface area contributed by atoms with Gasteiger partial charge in [-0.25, -0.2) is 18.4 Å². The van der Waals surface area contributed by atoms with Crippen molar-refractivity contribution in [3.05, 3.63) is 63.8 Å². The maximum Gasteiger partial charge on any atom is 0.374 e. The molecule has 0 aliphatic carbocycles. The largest absolute Gasteiger partial charge is 0.460 e. The SMILES string of the molecule is CCOC(=O)c1cc2cc(NC(=O)Nc3ccc(F)cc3F)cc(/C(=C(\Br)C=N)N(C)C)c2o1. The molecule has 0 bridgehead atoms. The van der Waals surface area contributed by atoms with Gasteiger partial charge in [0.05, 0.1) is 22.5 Å². The highest BCUT2D eigenvalue weighted by Gasteiger charge is 2.21. The molecule has 0 spiro atoms. The lowest BCUT2D eigenvalue weighted by Gasteiger charge is -2.20. The fourth-order valence-electron chi connectivity index (χ4n) is 3.23. The van der Waals surface area contributed by atoms with Gasteiger partial charge in [-0.1, -0.05) is 0 Å². The molecule has 178 valence electrons. The van der Waals surface area contributed by atoms with E-state index < -0.39 is 23.6 Å². The molecule has 3 rings (SSSR count). The van der Waals surface area contributed by atoms with Crippen molar-refractivity contribution in [2.75, 3.05) is 31.3 Å². The van der Waals surface area contributed by atoms with Gasteiger partial charge in [-0.15, -0.1) is 0 Å². The second-order valence-electron chi connectivity index (χ2n) is 7.21. The fourth-order valence-corrected chi connectivity index (χ4v) is 3.80. The lowest BCUT2D eigenvalue weighted by atomic mass is 10.1. The maximum atomic E-state index is 13.9. The Morgan fingerprint density at radius 2 is 1.91 bits per heavy atom. The van der Waals surface area contributed by atoms with E-state index in [2.05, 4.69) is 26.6 Å². The number of halogens is 3. The number of urea groups is 1. The summed E-state index contributed by atoms with van der Waals surface area (Å²) >= 11 is 3.35. The van der Waals surface area contributed by atoms with Gasteiger partial charge in [0.15, 0.2) is 0 Å². The molecule has 2 aromatic carbocycles. The number of nitrogens with one attached hydrogen (secondary N) is 3. The van der Waals surface area contributed by atoms with E-state index in [1.807, 2.05) is 0 Å². The fraction of sp³-hybridized carbons (Fsp3) is 0.174. The van der Waals surface area contributed by atoms with Crippen molar-refractivity contribution in [3.63, 3.8) is 0 Å². The molecular weight excluding hydrogens is 514 g/mol. The van der Waals surface area contributed by atoms with Gasteiger partial charge in [-0.2, -0.15) is 0 Å². The van der Waals surface area contributed by atoms with Crippen LogP contribution in [-0.2, 0) is 4.74 Å². The summed E-state index contributed by atoms with van der Waals surface area (Å²) in [4.78, 5) is 26.5. The summed E-state index contributed by atoms with van der Waals surface area (Å²) in [5.41, 5.74) is 1.44. The molecule has 0 saturated carbocycles. The van der Waals surface area contributed by atoms with Crippen LogP contribution in [0.1, 0.15) is 23.0 Å².